The minimum atomic E-state index is 0.655. The molecule has 20 heavy (non-hydrogen) atoms. The number of nitrogens with zero attached hydrogens (tertiary/aromatic N) is 3. The summed E-state index contributed by atoms with van der Waals surface area (Å²) in [5, 5.41) is 9.70. The molecule has 0 fully saturated rings. The minimum Gasteiger partial charge on any atom is -0.369 e. The van der Waals surface area contributed by atoms with Crippen LogP contribution in [0.15, 0.2) is 16.0 Å². The lowest BCUT2D eigenvalue weighted by molar-refractivity contribution is 0.936. The van der Waals surface area contributed by atoms with E-state index >= 15 is 0 Å². The Morgan fingerprint density at radius 1 is 1.25 bits per heavy atom. The van der Waals surface area contributed by atoms with Gasteiger partial charge in [-0.1, -0.05) is 6.92 Å². The predicted octanol–water partition coefficient (Wildman–Crippen LogP) is 3.48. The van der Waals surface area contributed by atoms with E-state index in [1.54, 1.807) is 17.5 Å². The van der Waals surface area contributed by atoms with Gasteiger partial charge in [0.05, 0.1) is 15.2 Å². The molecule has 0 aliphatic carbocycles. The summed E-state index contributed by atoms with van der Waals surface area (Å²) in [4.78, 5) is 13.1. The maximum atomic E-state index is 4.45. The molecule has 7 heteroatoms. The zero-order chi connectivity index (χ0) is 14.4. The summed E-state index contributed by atoms with van der Waals surface area (Å²) in [6, 6.07) is 0. The largest absolute Gasteiger partial charge is 0.369 e. The summed E-state index contributed by atoms with van der Waals surface area (Å²) in [6.45, 7) is 5.81. The average molecular weight is 356 g/mol. The van der Waals surface area contributed by atoms with E-state index in [2.05, 4.69) is 53.8 Å². The predicted molar refractivity (Wildman–Crippen MR) is 87.6 cm³/mol. The summed E-state index contributed by atoms with van der Waals surface area (Å²) >= 11 is 5.14. The van der Waals surface area contributed by atoms with Gasteiger partial charge in [-0.15, -0.1) is 11.3 Å². The Hall–Kier alpha value is -1.21. The highest BCUT2D eigenvalue weighted by Crippen LogP contribution is 2.20. The molecule has 108 valence electrons. The molecule has 0 saturated heterocycles. The van der Waals surface area contributed by atoms with Crippen LogP contribution in [0.4, 0.5) is 11.8 Å². The lowest BCUT2D eigenvalue weighted by Crippen LogP contribution is -2.10. The van der Waals surface area contributed by atoms with Crippen LogP contribution >= 0.6 is 27.3 Å². The van der Waals surface area contributed by atoms with Crippen LogP contribution in [0.3, 0.4) is 0 Å². The van der Waals surface area contributed by atoms with E-state index in [-0.39, 0.29) is 0 Å². The fraction of sp³-hybridized carbons (Fsp3) is 0.462. The quantitative estimate of drug-likeness (QED) is 0.795. The summed E-state index contributed by atoms with van der Waals surface area (Å²) in [5.41, 5.74) is 1.12. The van der Waals surface area contributed by atoms with Gasteiger partial charge < -0.3 is 10.6 Å². The fourth-order valence-electron chi connectivity index (χ4n) is 1.65. The smallest absolute Gasteiger partial charge is 0.224 e. The number of aromatic nitrogens is 3. The Labute approximate surface area is 131 Å². The first kappa shape index (κ1) is 15.2. The fourth-order valence-corrected chi connectivity index (χ4v) is 2.62. The van der Waals surface area contributed by atoms with Gasteiger partial charge in [0.1, 0.15) is 5.82 Å². The zero-order valence-electron chi connectivity index (χ0n) is 11.6. The summed E-state index contributed by atoms with van der Waals surface area (Å²) in [6.07, 6.45) is 3.70. The van der Waals surface area contributed by atoms with Crippen molar-refractivity contribution >= 4 is 39.0 Å². The van der Waals surface area contributed by atoms with Crippen LogP contribution < -0.4 is 10.6 Å². The molecule has 0 aliphatic heterocycles. The molecular formula is C13H18BrN5S. The first-order chi connectivity index (χ1) is 9.69. The van der Waals surface area contributed by atoms with Gasteiger partial charge in [-0.05, 0) is 29.3 Å². The highest BCUT2D eigenvalue weighted by Gasteiger charge is 2.05. The maximum absolute atomic E-state index is 4.45. The van der Waals surface area contributed by atoms with Gasteiger partial charge in [0, 0.05) is 31.1 Å². The summed E-state index contributed by atoms with van der Waals surface area (Å²) in [7, 11) is 0. The Kier molecular flexibility index (Phi) is 5.72. The number of rotatable bonds is 7. The van der Waals surface area contributed by atoms with Crippen molar-refractivity contribution in [3.63, 3.8) is 0 Å². The third-order valence-corrected chi connectivity index (χ3v) is 4.02. The number of thiazole rings is 1. The van der Waals surface area contributed by atoms with Crippen molar-refractivity contribution in [1.82, 2.24) is 15.0 Å². The van der Waals surface area contributed by atoms with Crippen molar-refractivity contribution in [3.05, 3.63) is 26.8 Å². The van der Waals surface area contributed by atoms with Crippen LogP contribution in [-0.4, -0.2) is 28.0 Å². The normalized spacial score (nSPS) is 10.6. The number of hydrogen-bond acceptors (Lipinski definition) is 6. The van der Waals surface area contributed by atoms with Crippen molar-refractivity contribution in [2.75, 3.05) is 23.7 Å². The van der Waals surface area contributed by atoms with Crippen LogP contribution in [0.5, 0.6) is 0 Å². The first-order valence-corrected chi connectivity index (χ1v) is 8.27. The second kappa shape index (κ2) is 7.54. The van der Waals surface area contributed by atoms with E-state index in [1.165, 1.54) is 0 Å². The molecule has 2 aromatic rings. The number of nitrogens with one attached hydrogen (secondary N) is 2. The topological polar surface area (TPSA) is 62.7 Å². The molecule has 0 radical (unpaired) electrons. The van der Waals surface area contributed by atoms with Gasteiger partial charge in [0.25, 0.3) is 0 Å². The third kappa shape index (κ3) is 4.42. The van der Waals surface area contributed by atoms with Gasteiger partial charge in [-0.3, -0.25) is 0 Å². The first-order valence-electron chi connectivity index (χ1n) is 6.60. The molecule has 2 heterocycles. The van der Waals surface area contributed by atoms with Crippen LogP contribution in [-0.2, 0) is 6.42 Å². The van der Waals surface area contributed by atoms with E-state index in [4.69, 9.17) is 0 Å². The Bertz CT molecular complexity index is 557. The molecule has 0 aliphatic rings. The molecule has 0 atom stereocenters. The Morgan fingerprint density at radius 2 is 2.10 bits per heavy atom. The number of halogens is 1. The van der Waals surface area contributed by atoms with E-state index in [9.17, 15) is 0 Å². The van der Waals surface area contributed by atoms with Crippen molar-refractivity contribution in [1.29, 1.82) is 0 Å². The van der Waals surface area contributed by atoms with E-state index in [1.807, 2.05) is 6.92 Å². The molecule has 5 nitrogen and oxygen atoms in total. The van der Waals surface area contributed by atoms with E-state index in [0.29, 0.717) is 5.95 Å². The molecule has 0 aromatic carbocycles. The molecule has 0 spiro atoms. The number of hydrogen-bond donors (Lipinski definition) is 2. The highest BCUT2D eigenvalue weighted by molar-refractivity contribution is 9.10. The number of anilines is 2. The number of aryl methyl sites for hydroxylation is 1. The summed E-state index contributed by atoms with van der Waals surface area (Å²) < 4.78 is 0.869. The van der Waals surface area contributed by atoms with Gasteiger partial charge in [0.15, 0.2) is 0 Å². The highest BCUT2D eigenvalue weighted by atomic mass is 79.9. The SMILES string of the molecule is CCCNc1ncc(Br)c(NCCc2csc(C)n2)n1. The van der Waals surface area contributed by atoms with Crippen LogP contribution in [0.25, 0.3) is 0 Å². The monoisotopic (exact) mass is 355 g/mol. The Balaban J connectivity index is 1.90. The molecule has 2 aromatic heterocycles. The average Bonchev–Trinajstić information content (AvgIpc) is 2.85. The minimum absolute atomic E-state index is 0.655. The molecule has 2 rings (SSSR count). The van der Waals surface area contributed by atoms with E-state index < -0.39 is 0 Å². The van der Waals surface area contributed by atoms with Gasteiger partial charge >= 0.3 is 0 Å². The van der Waals surface area contributed by atoms with Crippen LogP contribution in [0, 0.1) is 6.92 Å². The van der Waals surface area contributed by atoms with Crippen molar-refractivity contribution < 1.29 is 0 Å². The van der Waals surface area contributed by atoms with Gasteiger partial charge in [-0.2, -0.15) is 4.98 Å². The van der Waals surface area contributed by atoms with Crippen molar-refractivity contribution in [3.8, 4) is 0 Å². The maximum Gasteiger partial charge on any atom is 0.224 e. The lowest BCUT2D eigenvalue weighted by atomic mass is 10.3. The van der Waals surface area contributed by atoms with Crippen LogP contribution in [0.1, 0.15) is 24.0 Å². The summed E-state index contributed by atoms with van der Waals surface area (Å²) in [5.74, 6) is 1.47. The van der Waals surface area contributed by atoms with E-state index in [0.717, 1.165) is 46.9 Å². The van der Waals surface area contributed by atoms with Gasteiger partial charge in [-0.25, -0.2) is 9.97 Å². The van der Waals surface area contributed by atoms with Crippen molar-refractivity contribution in [2.45, 2.75) is 26.7 Å². The molecule has 0 saturated carbocycles. The molecule has 2 N–H and O–H groups in total. The molecular weight excluding hydrogens is 338 g/mol. The van der Waals surface area contributed by atoms with Crippen LogP contribution in [0.2, 0.25) is 0 Å². The molecule has 0 bridgehead atoms. The zero-order valence-corrected chi connectivity index (χ0v) is 14.0. The second-order valence-electron chi connectivity index (χ2n) is 4.35. The van der Waals surface area contributed by atoms with Crippen molar-refractivity contribution in [2.24, 2.45) is 0 Å². The second-order valence-corrected chi connectivity index (χ2v) is 6.27. The van der Waals surface area contributed by atoms with Gasteiger partial charge in [0.2, 0.25) is 5.95 Å². The lowest BCUT2D eigenvalue weighted by Gasteiger charge is -2.09. The standard InChI is InChI=1S/C13H18BrN5S/c1-3-5-16-13-17-7-11(14)12(19-13)15-6-4-10-8-20-9(2)18-10/h7-8H,3-6H2,1-2H3,(H2,15,16,17,19). The third-order valence-electron chi connectivity index (χ3n) is 2.62. The Morgan fingerprint density at radius 3 is 2.80 bits per heavy atom. The molecule has 0 unspecified atom stereocenters. The molecule has 0 amide bonds.